The van der Waals surface area contributed by atoms with E-state index in [4.69, 9.17) is 0 Å². The van der Waals surface area contributed by atoms with Crippen LogP contribution in [0.15, 0.2) is 53.7 Å². The molecule has 5 heterocycles. The number of nitrogens with one attached hydrogen (secondary N) is 2. The monoisotopic (exact) mass is 747 g/mol. The molecule has 2 aromatic carbocycles. The first-order chi connectivity index (χ1) is 25.3. The number of rotatable bonds is 10. The fraction of sp³-hybridized carbons (Fsp3) is 0.486. The summed E-state index contributed by atoms with van der Waals surface area (Å²) in [5, 5.41) is 22.5. The number of urea groups is 1. The van der Waals surface area contributed by atoms with Crippen molar-refractivity contribution < 1.29 is 27.5 Å². The van der Waals surface area contributed by atoms with Crippen LogP contribution in [-0.2, 0) is 28.3 Å². The summed E-state index contributed by atoms with van der Waals surface area (Å²) >= 11 is 0. The number of hydrogen-bond acceptors (Lipinski definition) is 10. The van der Waals surface area contributed by atoms with Gasteiger partial charge >= 0.3 is 6.03 Å². The Morgan fingerprint density at radius 2 is 1.72 bits per heavy atom. The van der Waals surface area contributed by atoms with Gasteiger partial charge in [-0.2, -0.15) is 9.40 Å². The standard InChI is InChI=1S/C37H46FN9O5S/c1-24-21-39-35(40-22-24)41-28-10-15-46(16-11-28)53(51,52)29-5-7-31(38)27(18-29)20-37(2,50)23-45-13-8-25(9-14-45)26-4-6-30-32(19-26)44(3)43-34(30)47-17-12-33(48)42-36(47)49/h4-7,18-19,21-22,25,28,50H,8-17,20,23H2,1-3H3,(H,39,40,41)(H,42,48,49). The molecular formula is C37H46FN9O5S. The van der Waals surface area contributed by atoms with Gasteiger partial charge in [0.2, 0.25) is 21.9 Å². The topological polar surface area (TPSA) is 166 Å². The molecule has 3 amide bonds. The molecule has 53 heavy (non-hydrogen) atoms. The molecule has 3 aliphatic rings. The van der Waals surface area contributed by atoms with Crippen LogP contribution in [0.5, 0.6) is 0 Å². The molecule has 7 rings (SSSR count). The quantitative estimate of drug-likeness (QED) is 0.218. The highest BCUT2D eigenvalue weighted by Crippen LogP contribution is 2.34. The number of hydrogen-bond donors (Lipinski definition) is 3. The number of carbonyl (C=O) groups excluding carboxylic acids is 2. The van der Waals surface area contributed by atoms with Crippen LogP contribution in [0.2, 0.25) is 0 Å². The predicted octanol–water partition coefficient (Wildman–Crippen LogP) is 3.70. The van der Waals surface area contributed by atoms with Crippen molar-refractivity contribution in [2.75, 3.05) is 49.5 Å². The summed E-state index contributed by atoms with van der Waals surface area (Å²) in [4.78, 5) is 36.4. The maximum absolute atomic E-state index is 15.1. The average molecular weight is 748 g/mol. The molecule has 1 unspecified atom stereocenters. The molecule has 3 saturated heterocycles. The van der Waals surface area contributed by atoms with Crippen LogP contribution in [0, 0.1) is 12.7 Å². The molecule has 282 valence electrons. The Hall–Kier alpha value is -4.51. The Labute approximate surface area is 308 Å². The number of carbonyl (C=O) groups is 2. The molecule has 3 aliphatic heterocycles. The van der Waals surface area contributed by atoms with Crippen molar-refractivity contribution >= 4 is 44.6 Å². The first-order valence-corrected chi connectivity index (χ1v) is 19.6. The fourth-order valence-electron chi connectivity index (χ4n) is 7.73. The zero-order valence-electron chi connectivity index (χ0n) is 30.3. The minimum absolute atomic E-state index is 0.0191. The predicted molar refractivity (Wildman–Crippen MR) is 198 cm³/mol. The lowest BCUT2D eigenvalue weighted by Gasteiger charge is -2.37. The smallest absolute Gasteiger partial charge is 0.329 e. The van der Waals surface area contributed by atoms with E-state index in [1.165, 1.54) is 27.4 Å². The Balaban J connectivity index is 0.944. The molecule has 16 heteroatoms. The number of amides is 3. The van der Waals surface area contributed by atoms with Gasteiger partial charge in [-0.1, -0.05) is 6.07 Å². The van der Waals surface area contributed by atoms with Crippen LogP contribution in [0.25, 0.3) is 10.9 Å². The summed E-state index contributed by atoms with van der Waals surface area (Å²) in [6.45, 7) is 6.25. The van der Waals surface area contributed by atoms with Gasteiger partial charge in [0.25, 0.3) is 0 Å². The molecule has 0 spiro atoms. The van der Waals surface area contributed by atoms with Crippen molar-refractivity contribution in [2.45, 2.75) is 74.8 Å². The lowest BCUT2D eigenvalue weighted by atomic mass is 9.88. The van der Waals surface area contributed by atoms with Gasteiger partial charge in [-0.25, -0.2) is 27.6 Å². The number of likely N-dealkylation sites (tertiary alicyclic amines) is 1. The molecule has 4 aromatic rings. The minimum atomic E-state index is -3.87. The summed E-state index contributed by atoms with van der Waals surface area (Å²) in [6, 6.07) is 9.58. The summed E-state index contributed by atoms with van der Waals surface area (Å²) in [5.41, 5.74) is 1.88. The number of aromatic nitrogens is 4. The second kappa shape index (κ2) is 14.7. The molecule has 0 bridgehead atoms. The summed E-state index contributed by atoms with van der Waals surface area (Å²) in [7, 11) is -2.03. The van der Waals surface area contributed by atoms with Crippen LogP contribution in [0.3, 0.4) is 0 Å². The average Bonchev–Trinajstić information content (AvgIpc) is 3.45. The Bertz CT molecular complexity index is 2110. The Morgan fingerprint density at radius 3 is 2.42 bits per heavy atom. The SMILES string of the molecule is Cc1cnc(NC2CCN(S(=O)(=O)c3ccc(F)c(CC(C)(O)CN4CCC(c5ccc6c(N7CCC(=O)NC7=O)nn(C)c6c5)CC4)c3)CC2)nc1. The lowest BCUT2D eigenvalue weighted by Crippen LogP contribution is -2.49. The van der Waals surface area contributed by atoms with Crippen LogP contribution >= 0.6 is 0 Å². The Morgan fingerprint density at radius 1 is 1.00 bits per heavy atom. The van der Waals surface area contributed by atoms with Crippen molar-refractivity contribution in [3.05, 3.63) is 71.3 Å². The molecular weight excluding hydrogens is 702 g/mol. The normalized spacial score (nSPS) is 19.8. The van der Waals surface area contributed by atoms with E-state index >= 15 is 4.39 Å². The number of fused-ring (bicyclic) bond motifs is 1. The van der Waals surface area contributed by atoms with E-state index in [0.717, 1.165) is 48.0 Å². The van der Waals surface area contributed by atoms with E-state index in [-0.39, 0.29) is 47.7 Å². The van der Waals surface area contributed by atoms with Crippen molar-refractivity contribution in [1.29, 1.82) is 0 Å². The molecule has 0 saturated carbocycles. The minimum Gasteiger partial charge on any atom is -0.388 e. The van der Waals surface area contributed by atoms with Crippen LogP contribution < -0.4 is 15.5 Å². The number of halogens is 1. The number of aliphatic hydroxyl groups is 1. The number of anilines is 2. The van der Waals surface area contributed by atoms with E-state index in [0.29, 0.717) is 44.2 Å². The van der Waals surface area contributed by atoms with Crippen molar-refractivity contribution in [1.82, 2.24) is 34.3 Å². The molecule has 0 aliphatic carbocycles. The molecule has 2 aromatic heterocycles. The van der Waals surface area contributed by atoms with Gasteiger partial charge in [-0.15, -0.1) is 0 Å². The van der Waals surface area contributed by atoms with E-state index in [1.54, 1.807) is 24.0 Å². The second-order valence-corrected chi connectivity index (χ2v) is 16.8. The van der Waals surface area contributed by atoms with Gasteiger partial charge in [0.15, 0.2) is 5.82 Å². The third-order valence-corrected chi connectivity index (χ3v) is 12.5. The molecule has 0 radical (unpaired) electrons. The highest BCUT2D eigenvalue weighted by Gasteiger charge is 2.33. The number of β-amino-alcohol motifs (C(OH)–C–C–N with tert-alkyl or cyclic N) is 1. The molecule has 3 fully saturated rings. The van der Waals surface area contributed by atoms with Gasteiger partial charge in [-0.3, -0.25) is 19.7 Å². The first-order valence-electron chi connectivity index (χ1n) is 18.1. The van der Waals surface area contributed by atoms with Crippen molar-refractivity contribution in [2.24, 2.45) is 7.05 Å². The van der Waals surface area contributed by atoms with E-state index in [1.807, 2.05) is 20.0 Å². The van der Waals surface area contributed by atoms with Gasteiger partial charge in [0, 0.05) is 69.9 Å². The maximum Gasteiger partial charge on any atom is 0.329 e. The van der Waals surface area contributed by atoms with Crippen LogP contribution in [-0.4, -0.2) is 105 Å². The fourth-order valence-corrected chi connectivity index (χ4v) is 9.25. The summed E-state index contributed by atoms with van der Waals surface area (Å²) < 4.78 is 45.6. The number of nitrogens with zero attached hydrogens (tertiary/aromatic N) is 7. The third-order valence-electron chi connectivity index (χ3n) is 10.6. The molecule has 3 N–H and O–H groups in total. The maximum atomic E-state index is 15.1. The molecule has 1 atom stereocenters. The van der Waals surface area contributed by atoms with Crippen molar-refractivity contribution in [3.8, 4) is 0 Å². The van der Waals surface area contributed by atoms with Gasteiger partial charge < -0.3 is 15.3 Å². The first kappa shape index (κ1) is 36.8. The van der Waals surface area contributed by atoms with Crippen LogP contribution in [0.1, 0.15) is 61.6 Å². The number of sulfonamides is 1. The number of imide groups is 1. The largest absolute Gasteiger partial charge is 0.388 e. The van der Waals surface area contributed by atoms with Gasteiger partial charge in [-0.05, 0) is 106 Å². The summed E-state index contributed by atoms with van der Waals surface area (Å²) in [6.07, 6.45) is 6.53. The number of benzene rings is 2. The van der Waals surface area contributed by atoms with E-state index in [9.17, 15) is 23.1 Å². The van der Waals surface area contributed by atoms with E-state index < -0.39 is 27.5 Å². The number of piperidine rings is 2. The van der Waals surface area contributed by atoms with Crippen LogP contribution in [0.4, 0.5) is 21.0 Å². The molecule has 14 nitrogen and oxygen atoms in total. The van der Waals surface area contributed by atoms with Gasteiger partial charge in [0.1, 0.15) is 5.82 Å². The number of aryl methyl sites for hydroxylation is 2. The summed E-state index contributed by atoms with van der Waals surface area (Å²) in [5.74, 6) is 0.484. The highest BCUT2D eigenvalue weighted by atomic mass is 32.2. The zero-order valence-corrected chi connectivity index (χ0v) is 31.1. The lowest BCUT2D eigenvalue weighted by molar-refractivity contribution is -0.120. The third kappa shape index (κ3) is 8.05. The Kier molecular flexibility index (Phi) is 10.2. The van der Waals surface area contributed by atoms with Crippen molar-refractivity contribution in [3.63, 3.8) is 0 Å². The highest BCUT2D eigenvalue weighted by molar-refractivity contribution is 7.89. The zero-order chi connectivity index (χ0) is 37.5. The van der Waals surface area contributed by atoms with Gasteiger partial charge in [0.05, 0.1) is 16.0 Å². The second-order valence-electron chi connectivity index (χ2n) is 14.9. The van der Waals surface area contributed by atoms with E-state index in [2.05, 4.69) is 42.7 Å².